The van der Waals surface area contributed by atoms with E-state index in [2.05, 4.69) is 16.0 Å². The van der Waals surface area contributed by atoms with E-state index in [1.807, 2.05) is 6.92 Å². The third-order valence-electron chi connectivity index (χ3n) is 6.16. The number of nitrogens with two attached hydrogens (primary N) is 1. The molecule has 5 N–H and O–H groups in total. The average Bonchev–Trinajstić information content (AvgIpc) is 2.98. The zero-order chi connectivity index (χ0) is 31.7. The molecule has 2 aromatic carbocycles. The molecule has 2 heterocycles. The summed E-state index contributed by atoms with van der Waals surface area (Å²) in [5.74, 6) is -1.16. The van der Waals surface area contributed by atoms with E-state index in [0.29, 0.717) is 52.8 Å². The van der Waals surface area contributed by atoms with Crippen LogP contribution in [0.4, 0.5) is 13.2 Å². The summed E-state index contributed by atoms with van der Waals surface area (Å²) < 4.78 is 41.3. The van der Waals surface area contributed by atoms with Gasteiger partial charge in [0.1, 0.15) is 5.56 Å². The summed E-state index contributed by atoms with van der Waals surface area (Å²) in [6, 6.07) is 8.57. The van der Waals surface area contributed by atoms with Gasteiger partial charge >= 0.3 is 11.9 Å². The van der Waals surface area contributed by atoms with Crippen molar-refractivity contribution in [2.75, 3.05) is 13.2 Å². The predicted molar refractivity (Wildman–Crippen MR) is 157 cm³/mol. The minimum absolute atomic E-state index is 0.00675. The van der Waals surface area contributed by atoms with Gasteiger partial charge in [-0.25, -0.2) is 9.36 Å². The molecule has 0 radical (unpaired) electrons. The molecule has 0 unspecified atom stereocenters. The van der Waals surface area contributed by atoms with Gasteiger partial charge in [0.2, 0.25) is 5.91 Å². The highest BCUT2D eigenvalue weighted by molar-refractivity contribution is 6.42. The van der Waals surface area contributed by atoms with E-state index in [1.54, 1.807) is 24.4 Å². The Bertz CT molecular complexity index is 1640. The van der Waals surface area contributed by atoms with Crippen LogP contribution in [0.1, 0.15) is 41.3 Å². The maximum Gasteiger partial charge on any atom is 0.416 e. The van der Waals surface area contributed by atoms with Crippen LogP contribution < -0.4 is 32.9 Å². The van der Waals surface area contributed by atoms with Crippen molar-refractivity contribution in [3.05, 3.63) is 108 Å². The molecule has 0 fully saturated rings. The number of halogens is 5. The van der Waals surface area contributed by atoms with E-state index in [9.17, 15) is 32.3 Å². The number of aryl methyl sites for hydroxylation is 1. The van der Waals surface area contributed by atoms with Crippen LogP contribution in [-0.4, -0.2) is 34.2 Å². The Morgan fingerprint density at radius 1 is 1.09 bits per heavy atom. The summed E-state index contributed by atoms with van der Waals surface area (Å²) >= 11 is 11.9. The van der Waals surface area contributed by atoms with Crippen LogP contribution in [0.2, 0.25) is 10.0 Å². The first-order valence-corrected chi connectivity index (χ1v) is 13.8. The van der Waals surface area contributed by atoms with Crippen molar-refractivity contribution in [3.8, 4) is 5.69 Å². The molecule has 15 heteroatoms. The SMILES string of the molecule is CCCCn1cc(C(=O)NCc2ccc(Cl)c(Cl)c2)c(=O)n(-c2cccc(C(F)(F)F)c2)c1=O.NC(=O)C1=CNCNC1. The molecule has 0 atom stereocenters. The fraction of sp³-hybridized carbons (Fsp3) is 0.286. The van der Waals surface area contributed by atoms with Crippen molar-refractivity contribution in [3.63, 3.8) is 0 Å². The molecule has 43 heavy (non-hydrogen) atoms. The lowest BCUT2D eigenvalue weighted by atomic mass is 10.2. The number of nitrogens with zero attached hydrogens (tertiary/aromatic N) is 2. The number of aromatic nitrogens is 2. The Morgan fingerprint density at radius 2 is 1.84 bits per heavy atom. The highest BCUT2D eigenvalue weighted by atomic mass is 35.5. The van der Waals surface area contributed by atoms with Gasteiger partial charge in [-0.3, -0.25) is 24.3 Å². The first-order valence-electron chi connectivity index (χ1n) is 13.0. The molecule has 0 aliphatic carbocycles. The molecule has 2 amide bonds. The van der Waals surface area contributed by atoms with Gasteiger partial charge in [0.05, 0.1) is 28.0 Å². The summed E-state index contributed by atoms with van der Waals surface area (Å²) in [5, 5.41) is 8.97. The van der Waals surface area contributed by atoms with Gasteiger partial charge in [-0.2, -0.15) is 13.2 Å². The monoisotopic (exact) mass is 640 g/mol. The number of rotatable bonds is 8. The molecule has 0 spiro atoms. The van der Waals surface area contributed by atoms with Crippen molar-refractivity contribution < 1.29 is 22.8 Å². The molecular weight excluding hydrogens is 612 g/mol. The zero-order valence-corrected chi connectivity index (χ0v) is 24.4. The van der Waals surface area contributed by atoms with Gasteiger partial charge in [0.15, 0.2) is 0 Å². The lowest BCUT2D eigenvalue weighted by Crippen LogP contribution is -2.43. The molecule has 0 saturated carbocycles. The Labute approximate surface area is 254 Å². The van der Waals surface area contributed by atoms with Gasteiger partial charge in [0, 0.05) is 37.6 Å². The van der Waals surface area contributed by atoms with Crippen LogP contribution in [0.3, 0.4) is 0 Å². The molecule has 3 aromatic rings. The Hall–Kier alpha value is -4.07. The maximum absolute atomic E-state index is 13.2. The minimum Gasteiger partial charge on any atom is -0.378 e. The van der Waals surface area contributed by atoms with E-state index < -0.39 is 28.9 Å². The van der Waals surface area contributed by atoms with E-state index in [4.69, 9.17) is 28.9 Å². The van der Waals surface area contributed by atoms with Gasteiger partial charge in [-0.15, -0.1) is 0 Å². The molecular formula is C28H29Cl2F3N6O4. The summed E-state index contributed by atoms with van der Waals surface area (Å²) in [5.41, 5.74) is 2.64. The molecule has 230 valence electrons. The van der Waals surface area contributed by atoms with Crippen molar-refractivity contribution in [2.24, 2.45) is 5.73 Å². The van der Waals surface area contributed by atoms with Crippen LogP contribution in [0.15, 0.2) is 70.0 Å². The van der Waals surface area contributed by atoms with Crippen LogP contribution >= 0.6 is 23.2 Å². The first-order chi connectivity index (χ1) is 20.3. The maximum atomic E-state index is 13.2. The zero-order valence-electron chi connectivity index (χ0n) is 22.9. The fourth-order valence-corrected chi connectivity index (χ4v) is 4.20. The second-order valence-electron chi connectivity index (χ2n) is 9.33. The molecule has 0 saturated heterocycles. The molecule has 4 rings (SSSR count). The highest BCUT2D eigenvalue weighted by Crippen LogP contribution is 2.30. The number of carbonyl (C=O) groups is 2. The van der Waals surface area contributed by atoms with Crippen molar-refractivity contribution in [2.45, 2.75) is 39.0 Å². The highest BCUT2D eigenvalue weighted by Gasteiger charge is 2.31. The van der Waals surface area contributed by atoms with Crippen LogP contribution in [0.5, 0.6) is 0 Å². The Balaban J connectivity index is 0.000000480. The lowest BCUT2D eigenvalue weighted by Gasteiger charge is -2.14. The van der Waals surface area contributed by atoms with Gasteiger partial charge in [-0.05, 0) is 42.3 Å². The summed E-state index contributed by atoms with van der Waals surface area (Å²) in [6.45, 7) is 3.35. The number of carbonyl (C=O) groups excluding carboxylic acids is 2. The van der Waals surface area contributed by atoms with E-state index in [0.717, 1.165) is 22.9 Å². The van der Waals surface area contributed by atoms with Crippen LogP contribution in [0, 0.1) is 0 Å². The number of alkyl halides is 3. The fourth-order valence-electron chi connectivity index (χ4n) is 3.88. The molecule has 0 bridgehead atoms. The molecule has 1 aliphatic rings. The van der Waals surface area contributed by atoms with Crippen molar-refractivity contribution >= 4 is 35.0 Å². The quantitative estimate of drug-likeness (QED) is 0.297. The predicted octanol–water partition coefficient (Wildman–Crippen LogP) is 3.56. The topological polar surface area (TPSA) is 140 Å². The largest absolute Gasteiger partial charge is 0.416 e. The summed E-state index contributed by atoms with van der Waals surface area (Å²) in [4.78, 5) is 49.4. The molecule has 1 aliphatic heterocycles. The van der Waals surface area contributed by atoms with E-state index in [1.165, 1.54) is 6.07 Å². The molecule has 10 nitrogen and oxygen atoms in total. The number of unbranched alkanes of at least 4 members (excludes halogenated alkanes) is 1. The number of nitrogens with one attached hydrogen (secondary N) is 3. The molecule has 1 aromatic heterocycles. The van der Waals surface area contributed by atoms with Crippen LogP contribution in [-0.2, 0) is 24.1 Å². The Kier molecular flexibility index (Phi) is 11.6. The average molecular weight is 641 g/mol. The van der Waals surface area contributed by atoms with Gasteiger partial charge in [0.25, 0.3) is 11.5 Å². The third-order valence-corrected chi connectivity index (χ3v) is 6.90. The Morgan fingerprint density at radius 3 is 2.42 bits per heavy atom. The summed E-state index contributed by atoms with van der Waals surface area (Å²) in [7, 11) is 0. The number of benzene rings is 2. The smallest absolute Gasteiger partial charge is 0.378 e. The number of hydrogen-bond acceptors (Lipinski definition) is 6. The first kappa shape index (κ1) is 33.4. The normalized spacial score (nSPS) is 12.8. The number of hydrogen-bond donors (Lipinski definition) is 4. The second kappa shape index (κ2) is 14.9. The van der Waals surface area contributed by atoms with Crippen LogP contribution in [0.25, 0.3) is 5.69 Å². The third kappa shape index (κ3) is 8.96. The minimum atomic E-state index is -4.67. The van der Waals surface area contributed by atoms with E-state index in [-0.39, 0.29) is 35.3 Å². The number of primary amides is 1. The lowest BCUT2D eigenvalue weighted by molar-refractivity contribution is -0.137. The second-order valence-corrected chi connectivity index (χ2v) is 10.1. The van der Waals surface area contributed by atoms with Gasteiger partial charge in [-0.1, -0.05) is 48.7 Å². The van der Waals surface area contributed by atoms with Crippen molar-refractivity contribution in [1.82, 2.24) is 25.1 Å². The van der Waals surface area contributed by atoms with Crippen molar-refractivity contribution in [1.29, 1.82) is 0 Å². The number of amides is 2. The van der Waals surface area contributed by atoms with E-state index >= 15 is 0 Å². The standard InChI is InChI=1S/C23H20Cl2F3N3O3.C5H9N3O/c1-2-3-9-30-13-17(20(32)29-12-14-7-8-18(24)19(25)10-14)21(33)31(22(30)34)16-6-4-5-15(11-16)23(26,27)28;6-5(9)4-1-7-3-8-2-4/h4-8,10-11,13H,2-3,9,12H2,1H3,(H,29,32);1,7-8H,2-3H2,(H2,6,9). The summed E-state index contributed by atoms with van der Waals surface area (Å²) in [6.07, 6.45) is -0.623. The van der Waals surface area contributed by atoms with Gasteiger partial charge < -0.3 is 16.4 Å².